The highest BCUT2D eigenvalue weighted by molar-refractivity contribution is 5.82. The molecule has 0 spiro atoms. The standard InChI is InChI=1S/C17H17N3O2/c1-3-22-16-9-8-13(10-17(16)21-2)11-19-20-12-18-14-6-4-5-7-15(14)20/h4-12H,3H2,1-2H3/b19-11-. The Morgan fingerprint density at radius 3 is 2.86 bits per heavy atom. The maximum atomic E-state index is 5.51. The lowest BCUT2D eigenvalue weighted by Gasteiger charge is -2.09. The number of ether oxygens (including phenoxy) is 2. The summed E-state index contributed by atoms with van der Waals surface area (Å²) in [7, 11) is 1.63. The Morgan fingerprint density at radius 2 is 2.05 bits per heavy atom. The van der Waals surface area contributed by atoms with Gasteiger partial charge in [-0.2, -0.15) is 5.10 Å². The molecule has 0 aliphatic rings. The number of para-hydroxylation sites is 2. The molecule has 3 rings (SSSR count). The molecule has 0 aliphatic carbocycles. The molecular formula is C17H17N3O2. The van der Waals surface area contributed by atoms with Gasteiger partial charge in [0.05, 0.1) is 31.0 Å². The zero-order chi connectivity index (χ0) is 15.4. The molecule has 0 unspecified atom stereocenters. The van der Waals surface area contributed by atoms with Crippen LogP contribution in [0, 0.1) is 0 Å². The SMILES string of the molecule is CCOc1ccc(/C=N\n2cnc3ccccc32)cc1OC. The molecule has 0 radical (unpaired) electrons. The summed E-state index contributed by atoms with van der Waals surface area (Å²) in [5.41, 5.74) is 2.82. The first kappa shape index (κ1) is 14.1. The van der Waals surface area contributed by atoms with Crippen LogP contribution < -0.4 is 9.47 Å². The Balaban J connectivity index is 1.89. The lowest BCUT2D eigenvalue weighted by molar-refractivity contribution is 0.311. The second-order valence-corrected chi connectivity index (χ2v) is 4.67. The average Bonchev–Trinajstić information content (AvgIpc) is 2.97. The van der Waals surface area contributed by atoms with E-state index < -0.39 is 0 Å². The number of benzene rings is 2. The van der Waals surface area contributed by atoms with Gasteiger partial charge in [-0.3, -0.25) is 0 Å². The summed E-state index contributed by atoms with van der Waals surface area (Å²) in [5.74, 6) is 1.43. The molecule has 1 heterocycles. The molecule has 0 amide bonds. The molecule has 0 N–H and O–H groups in total. The first-order chi connectivity index (χ1) is 10.8. The second kappa shape index (κ2) is 6.30. The van der Waals surface area contributed by atoms with E-state index in [9.17, 15) is 0 Å². The summed E-state index contributed by atoms with van der Waals surface area (Å²) >= 11 is 0. The normalized spacial score (nSPS) is 11.2. The highest BCUT2D eigenvalue weighted by Gasteiger charge is 2.04. The highest BCUT2D eigenvalue weighted by Crippen LogP contribution is 2.27. The van der Waals surface area contributed by atoms with E-state index in [-0.39, 0.29) is 0 Å². The number of imidazole rings is 1. The van der Waals surface area contributed by atoms with E-state index >= 15 is 0 Å². The number of methoxy groups -OCH3 is 1. The van der Waals surface area contributed by atoms with Crippen molar-refractivity contribution >= 4 is 17.2 Å². The Morgan fingerprint density at radius 1 is 1.18 bits per heavy atom. The molecule has 0 fully saturated rings. The molecule has 112 valence electrons. The fourth-order valence-corrected chi connectivity index (χ4v) is 2.21. The van der Waals surface area contributed by atoms with Crippen LogP contribution in [0.15, 0.2) is 53.9 Å². The fourth-order valence-electron chi connectivity index (χ4n) is 2.21. The van der Waals surface area contributed by atoms with Crippen molar-refractivity contribution in [2.45, 2.75) is 6.92 Å². The molecule has 22 heavy (non-hydrogen) atoms. The number of fused-ring (bicyclic) bond motifs is 1. The quantitative estimate of drug-likeness (QED) is 0.678. The van der Waals surface area contributed by atoms with E-state index in [1.165, 1.54) is 0 Å². The lowest BCUT2D eigenvalue weighted by Crippen LogP contribution is -1.96. The summed E-state index contributed by atoms with van der Waals surface area (Å²) in [6, 6.07) is 13.6. The van der Waals surface area contributed by atoms with Gasteiger partial charge < -0.3 is 9.47 Å². The van der Waals surface area contributed by atoms with E-state index in [0.717, 1.165) is 22.3 Å². The Hall–Kier alpha value is -2.82. The van der Waals surface area contributed by atoms with Gasteiger partial charge in [-0.05, 0) is 42.8 Å². The van der Waals surface area contributed by atoms with Gasteiger partial charge in [0.25, 0.3) is 0 Å². The lowest BCUT2D eigenvalue weighted by atomic mass is 10.2. The molecule has 0 aliphatic heterocycles. The van der Waals surface area contributed by atoms with Gasteiger partial charge in [0, 0.05) is 0 Å². The van der Waals surface area contributed by atoms with Crippen LogP contribution in [0.25, 0.3) is 11.0 Å². The van der Waals surface area contributed by atoms with E-state index in [1.807, 2.05) is 49.4 Å². The number of hydrogen-bond donors (Lipinski definition) is 0. The smallest absolute Gasteiger partial charge is 0.161 e. The fraction of sp³-hybridized carbons (Fsp3) is 0.176. The van der Waals surface area contributed by atoms with Gasteiger partial charge in [0.1, 0.15) is 6.33 Å². The van der Waals surface area contributed by atoms with Crippen LogP contribution in [0.4, 0.5) is 0 Å². The van der Waals surface area contributed by atoms with Crippen molar-refractivity contribution in [3.05, 3.63) is 54.4 Å². The molecule has 0 saturated carbocycles. The van der Waals surface area contributed by atoms with E-state index in [1.54, 1.807) is 24.3 Å². The van der Waals surface area contributed by atoms with Crippen molar-refractivity contribution in [3.63, 3.8) is 0 Å². The van der Waals surface area contributed by atoms with Crippen LogP contribution in [0.1, 0.15) is 12.5 Å². The molecule has 5 nitrogen and oxygen atoms in total. The Kier molecular flexibility index (Phi) is 4.05. The third-order valence-electron chi connectivity index (χ3n) is 3.25. The minimum Gasteiger partial charge on any atom is -0.493 e. The monoisotopic (exact) mass is 295 g/mol. The first-order valence-corrected chi connectivity index (χ1v) is 7.09. The minimum atomic E-state index is 0.602. The first-order valence-electron chi connectivity index (χ1n) is 7.09. The second-order valence-electron chi connectivity index (χ2n) is 4.67. The average molecular weight is 295 g/mol. The van der Waals surface area contributed by atoms with Crippen molar-refractivity contribution in [3.8, 4) is 11.5 Å². The van der Waals surface area contributed by atoms with Crippen LogP contribution in [-0.2, 0) is 0 Å². The maximum absolute atomic E-state index is 5.51. The highest BCUT2D eigenvalue weighted by atomic mass is 16.5. The predicted octanol–water partition coefficient (Wildman–Crippen LogP) is 3.33. The largest absolute Gasteiger partial charge is 0.493 e. The molecule has 1 aromatic heterocycles. The molecule has 5 heteroatoms. The van der Waals surface area contributed by atoms with Gasteiger partial charge in [-0.15, -0.1) is 0 Å². The maximum Gasteiger partial charge on any atom is 0.161 e. The van der Waals surface area contributed by atoms with Gasteiger partial charge in [0.2, 0.25) is 0 Å². The summed E-state index contributed by atoms with van der Waals surface area (Å²) in [6.07, 6.45) is 3.47. The minimum absolute atomic E-state index is 0.602. The van der Waals surface area contributed by atoms with Gasteiger partial charge in [-0.25, -0.2) is 9.66 Å². The third kappa shape index (κ3) is 2.79. The number of hydrogen-bond acceptors (Lipinski definition) is 4. The Bertz CT molecular complexity index is 809. The van der Waals surface area contributed by atoms with Crippen molar-refractivity contribution in [1.29, 1.82) is 0 Å². The van der Waals surface area contributed by atoms with E-state index in [0.29, 0.717) is 12.4 Å². The van der Waals surface area contributed by atoms with Gasteiger partial charge in [-0.1, -0.05) is 12.1 Å². The Labute approximate surface area is 128 Å². The van der Waals surface area contributed by atoms with Crippen molar-refractivity contribution in [2.75, 3.05) is 13.7 Å². The van der Waals surface area contributed by atoms with Gasteiger partial charge in [0.15, 0.2) is 11.5 Å². The zero-order valence-corrected chi connectivity index (χ0v) is 12.6. The summed E-state index contributed by atoms with van der Waals surface area (Å²) in [4.78, 5) is 4.31. The van der Waals surface area contributed by atoms with Crippen LogP contribution in [-0.4, -0.2) is 29.6 Å². The number of aromatic nitrogens is 2. The molecule has 0 bridgehead atoms. The van der Waals surface area contributed by atoms with E-state index in [4.69, 9.17) is 9.47 Å². The summed E-state index contributed by atoms with van der Waals surface area (Å²) in [5, 5.41) is 4.45. The van der Waals surface area contributed by atoms with Crippen LogP contribution in [0.3, 0.4) is 0 Å². The summed E-state index contributed by atoms with van der Waals surface area (Å²) < 4.78 is 12.6. The van der Waals surface area contributed by atoms with Crippen LogP contribution in [0.2, 0.25) is 0 Å². The molecule has 2 aromatic carbocycles. The molecular weight excluding hydrogens is 278 g/mol. The topological polar surface area (TPSA) is 48.6 Å². The summed E-state index contributed by atoms with van der Waals surface area (Å²) in [6.45, 7) is 2.55. The molecule has 0 saturated heterocycles. The van der Waals surface area contributed by atoms with Crippen LogP contribution in [0.5, 0.6) is 11.5 Å². The van der Waals surface area contributed by atoms with Crippen molar-refractivity contribution < 1.29 is 9.47 Å². The predicted molar refractivity (Wildman–Crippen MR) is 86.9 cm³/mol. The number of rotatable bonds is 5. The third-order valence-corrected chi connectivity index (χ3v) is 3.25. The number of nitrogens with zero attached hydrogens (tertiary/aromatic N) is 3. The van der Waals surface area contributed by atoms with Crippen molar-refractivity contribution in [1.82, 2.24) is 9.66 Å². The van der Waals surface area contributed by atoms with Crippen LogP contribution >= 0.6 is 0 Å². The van der Waals surface area contributed by atoms with Gasteiger partial charge >= 0.3 is 0 Å². The molecule has 3 aromatic rings. The zero-order valence-electron chi connectivity index (χ0n) is 12.6. The molecule has 0 atom stereocenters. The van der Waals surface area contributed by atoms with E-state index in [2.05, 4.69) is 10.1 Å². The van der Waals surface area contributed by atoms with Crippen molar-refractivity contribution in [2.24, 2.45) is 5.10 Å².